The van der Waals surface area contributed by atoms with Gasteiger partial charge in [0.2, 0.25) is 5.91 Å². The van der Waals surface area contributed by atoms with E-state index in [1.165, 1.54) is 11.1 Å². The molecule has 1 atom stereocenters. The summed E-state index contributed by atoms with van der Waals surface area (Å²) in [5.74, 6) is -0.156. The third-order valence-electron chi connectivity index (χ3n) is 6.69. The SMILES string of the molecule is CCC[C@H]1CN(C(=O)C2c3ccccc3CCc3ccccc32)CCN1C(=O)OC(C)(C)C. The van der Waals surface area contributed by atoms with Crippen LogP contribution in [0.5, 0.6) is 0 Å². The van der Waals surface area contributed by atoms with Crippen LogP contribution in [-0.4, -0.2) is 53.1 Å². The minimum absolute atomic E-state index is 0.0289. The molecular weight excluding hydrogens is 412 g/mol. The molecular formula is C28H36N2O3. The van der Waals surface area contributed by atoms with Gasteiger partial charge in [0.05, 0.1) is 12.0 Å². The van der Waals surface area contributed by atoms with Gasteiger partial charge >= 0.3 is 6.09 Å². The minimum Gasteiger partial charge on any atom is -0.444 e. The number of hydrogen-bond acceptors (Lipinski definition) is 3. The second-order valence-electron chi connectivity index (χ2n) is 10.2. The van der Waals surface area contributed by atoms with Gasteiger partial charge in [0.25, 0.3) is 0 Å². The first kappa shape index (κ1) is 23.3. The summed E-state index contributed by atoms with van der Waals surface area (Å²) in [4.78, 5) is 30.7. The van der Waals surface area contributed by atoms with Crippen LogP contribution in [0.4, 0.5) is 4.79 Å². The first-order valence-electron chi connectivity index (χ1n) is 12.2. The highest BCUT2D eigenvalue weighted by atomic mass is 16.6. The maximum absolute atomic E-state index is 14.1. The zero-order valence-electron chi connectivity index (χ0n) is 20.3. The molecule has 0 N–H and O–H groups in total. The van der Waals surface area contributed by atoms with E-state index in [-0.39, 0.29) is 24.0 Å². The van der Waals surface area contributed by atoms with Gasteiger partial charge in [0, 0.05) is 19.6 Å². The van der Waals surface area contributed by atoms with Crippen LogP contribution in [0.2, 0.25) is 0 Å². The van der Waals surface area contributed by atoms with Gasteiger partial charge in [-0.05, 0) is 62.3 Å². The zero-order chi connectivity index (χ0) is 23.6. The Hall–Kier alpha value is -2.82. The summed E-state index contributed by atoms with van der Waals surface area (Å²) >= 11 is 0. The maximum atomic E-state index is 14.1. The topological polar surface area (TPSA) is 49.9 Å². The third kappa shape index (κ3) is 5.07. The van der Waals surface area contributed by atoms with Gasteiger partial charge in [-0.15, -0.1) is 0 Å². The van der Waals surface area contributed by atoms with Crippen LogP contribution in [0, 0.1) is 0 Å². The third-order valence-corrected chi connectivity index (χ3v) is 6.69. The molecule has 5 nitrogen and oxygen atoms in total. The molecule has 0 unspecified atom stereocenters. The first-order chi connectivity index (χ1) is 15.8. The number of aryl methyl sites for hydroxylation is 2. The summed E-state index contributed by atoms with van der Waals surface area (Å²) in [7, 11) is 0. The molecule has 4 rings (SSSR count). The predicted octanol–water partition coefficient (Wildman–Crippen LogP) is 5.17. The van der Waals surface area contributed by atoms with Crippen molar-refractivity contribution in [2.24, 2.45) is 0 Å². The lowest BCUT2D eigenvalue weighted by molar-refractivity contribution is -0.135. The molecule has 176 valence electrons. The van der Waals surface area contributed by atoms with Crippen LogP contribution >= 0.6 is 0 Å². The fourth-order valence-electron chi connectivity index (χ4n) is 5.17. The van der Waals surface area contributed by atoms with Crippen molar-refractivity contribution in [3.63, 3.8) is 0 Å². The molecule has 2 aromatic rings. The molecule has 0 aromatic heterocycles. The maximum Gasteiger partial charge on any atom is 0.410 e. The number of fused-ring (bicyclic) bond motifs is 2. The first-order valence-corrected chi connectivity index (χ1v) is 12.2. The van der Waals surface area contributed by atoms with Gasteiger partial charge in [0.1, 0.15) is 5.60 Å². The van der Waals surface area contributed by atoms with Gasteiger partial charge in [0.15, 0.2) is 0 Å². The largest absolute Gasteiger partial charge is 0.444 e. The van der Waals surface area contributed by atoms with Crippen molar-refractivity contribution in [3.8, 4) is 0 Å². The van der Waals surface area contributed by atoms with Crippen molar-refractivity contribution >= 4 is 12.0 Å². The number of nitrogens with zero attached hydrogens (tertiary/aromatic N) is 2. The quantitative estimate of drug-likeness (QED) is 0.651. The molecule has 1 saturated heterocycles. The van der Waals surface area contributed by atoms with Gasteiger partial charge < -0.3 is 14.5 Å². The number of amides is 2. The van der Waals surface area contributed by atoms with Crippen LogP contribution in [0.25, 0.3) is 0 Å². The summed E-state index contributed by atoms with van der Waals surface area (Å²) in [5, 5.41) is 0. The lowest BCUT2D eigenvalue weighted by atomic mass is 9.86. The normalized spacial score (nSPS) is 18.8. The van der Waals surface area contributed by atoms with Crippen LogP contribution < -0.4 is 0 Å². The van der Waals surface area contributed by atoms with E-state index >= 15 is 0 Å². The second-order valence-corrected chi connectivity index (χ2v) is 10.2. The fourth-order valence-corrected chi connectivity index (χ4v) is 5.17. The molecule has 0 saturated carbocycles. The highest BCUT2D eigenvalue weighted by Crippen LogP contribution is 2.36. The molecule has 0 radical (unpaired) electrons. The highest BCUT2D eigenvalue weighted by molar-refractivity contribution is 5.88. The number of rotatable bonds is 3. The number of benzene rings is 2. The van der Waals surface area contributed by atoms with Crippen LogP contribution in [-0.2, 0) is 22.4 Å². The number of carbonyl (C=O) groups is 2. The number of hydrogen-bond donors (Lipinski definition) is 0. The van der Waals surface area contributed by atoms with Crippen molar-refractivity contribution in [1.82, 2.24) is 9.80 Å². The van der Waals surface area contributed by atoms with Crippen molar-refractivity contribution in [1.29, 1.82) is 0 Å². The second kappa shape index (κ2) is 9.58. The van der Waals surface area contributed by atoms with E-state index in [4.69, 9.17) is 4.74 Å². The monoisotopic (exact) mass is 448 g/mol. The fraction of sp³-hybridized carbons (Fsp3) is 0.500. The van der Waals surface area contributed by atoms with E-state index in [0.717, 1.165) is 36.8 Å². The predicted molar refractivity (Wildman–Crippen MR) is 130 cm³/mol. The number of carbonyl (C=O) groups excluding carboxylic acids is 2. The van der Waals surface area contributed by atoms with E-state index in [1.54, 1.807) is 0 Å². The average molecular weight is 449 g/mol. The van der Waals surface area contributed by atoms with Crippen molar-refractivity contribution in [2.45, 2.75) is 70.9 Å². The summed E-state index contributed by atoms with van der Waals surface area (Å²) in [6, 6.07) is 16.7. The van der Waals surface area contributed by atoms with Crippen molar-refractivity contribution in [2.75, 3.05) is 19.6 Å². The molecule has 2 amide bonds. The molecule has 2 aromatic carbocycles. The van der Waals surface area contributed by atoms with Crippen LogP contribution in [0.1, 0.15) is 68.7 Å². The van der Waals surface area contributed by atoms with Gasteiger partial charge in [-0.3, -0.25) is 4.79 Å². The molecule has 1 aliphatic carbocycles. The molecule has 1 heterocycles. The average Bonchev–Trinajstić information content (AvgIpc) is 2.94. The zero-order valence-corrected chi connectivity index (χ0v) is 20.3. The Labute approximate surface area is 197 Å². The van der Waals surface area contributed by atoms with Crippen molar-refractivity contribution in [3.05, 3.63) is 70.8 Å². The smallest absolute Gasteiger partial charge is 0.410 e. The van der Waals surface area contributed by atoms with Crippen molar-refractivity contribution < 1.29 is 14.3 Å². The van der Waals surface area contributed by atoms with Crippen LogP contribution in [0.3, 0.4) is 0 Å². The summed E-state index contributed by atoms with van der Waals surface area (Å²) < 4.78 is 5.66. The Kier molecular flexibility index (Phi) is 6.78. The number of piperazine rings is 1. The molecule has 1 aliphatic heterocycles. The number of ether oxygens (including phenoxy) is 1. The summed E-state index contributed by atoms with van der Waals surface area (Å²) in [6.45, 7) is 9.36. The summed E-state index contributed by atoms with van der Waals surface area (Å²) in [5.41, 5.74) is 4.21. The highest BCUT2D eigenvalue weighted by Gasteiger charge is 2.38. The van der Waals surface area contributed by atoms with E-state index in [9.17, 15) is 9.59 Å². The standard InChI is InChI=1S/C28H36N2O3/c1-5-10-22-19-29(17-18-30(22)27(32)33-28(2,3)4)26(31)25-23-13-8-6-11-20(23)15-16-21-12-7-9-14-24(21)25/h6-9,11-14,22,25H,5,10,15-19H2,1-4H3/t22-/m0/s1. The van der Waals surface area contributed by atoms with Gasteiger partial charge in [-0.2, -0.15) is 0 Å². The Balaban J connectivity index is 1.62. The molecule has 33 heavy (non-hydrogen) atoms. The van der Waals surface area contributed by atoms with Gasteiger partial charge in [-0.1, -0.05) is 61.9 Å². The Bertz CT molecular complexity index is 963. The van der Waals surface area contributed by atoms with Gasteiger partial charge in [-0.25, -0.2) is 4.79 Å². The summed E-state index contributed by atoms with van der Waals surface area (Å²) in [6.07, 6.45) is 3.41. The Morgan fingerprint density at radius 2 is 1.52 bits per heavy atom. The molecule has 5 heteroatoms. The van der Waals surface area contributed by atoms with E-state index in [0.29, 0.717) is 19.6 Å². The lowest BCUT2D eigenvalue weighted by Gasteiger charge is -2.42. The molecule has 1 fully saturated rings. The Morgan fingerprint density at radius 3 is 2.06 bits per heavy atom. The molecule has 0 spiro atoms. The molecule has 2 aliphatic rings. The minimum atomic E-state index is -0.533. The van der Waals surface area contributed by atoms with Crippen LogP contribution in [0.15, 0.2) is 48.5 Å². The van der Waals surface area contributed by atoms with E-state index in [1.807, 2.05) is 42.7 Å². The Morgan fingerprint density at radius 1 is 0.939 bits per heavy atom. The lowest BCUT2D eigenvalue weighted by Crippen LogP contribution is -2.58. The van der Waals surface area contributed by atoms with E-state index in [2.05, 4.69) is 43.3 Å². The molecule has 0 bridgehead atoms. The van der Waals surface area contributed by atoms with E-state index < -0.39 is 5.60 Å².